The topological polar surface area (TPSA) is 48.7 Å². The number of nitrogens with one attached hydrogen (secondary N) is 1. The van der Waals surface area contributed by atoms with Crippen LogP contribution in [0.3, 0.4) is 0 Å². The normalized spacial score (nSPS) is 10.3. The van der Waals surface area contributed by atoms with E-state index in [0.29, 0.717) is 28.2 Å². The summed E-state index contributed by atoms with van der Waals surface area (Å²) in [5, 5.41) is 13.0. The lowest BCUT2D eigenvalue weighted by atomic mass is 10.1. The van der Waals surface area contributed by atoms with E-state index in [2.05, 4.69) is 10.3 Å². The minimum atomic E-state index is -0.446. The van der Waals surface area contributed by atoms with Crippen molar-refractivity contribution in [3.63, 3.8) is 0 Å². The third kappa shape index (κ3) is 2.09. The fourth-order valence-corrected chi connectivity index (χ4v) is 2.00. The molecule has 2 rings (SSSR count). The van der Waals surface area contributed by atoms with Crippen LogP contribution in [0.2, 0.25) is 5.02 Å². The van der Waals surface area contributed by atoms with E-state index in [1.807, 2.05) is 13.0 Å². The Morgan fingerprint density at radius 2 is 2.28 bits per heavy atom. The van der Waals surface area contributed by atoms with Crippen LogP contribution in [0, 0.1) is 17.1 Å². The number of halogens is 2. The molecule has 0 saturated carbocycles. The molecule has 1 aromatic heterocycles. The molecule has 0 amide bonds. The number of anilines is 1. The maximum absolute atomic E-state index is 13.7. The second kappa shape index (κ2) is 5.19. The van der Waals surface area contributed by atoms with Gasteiger partial charge in [-0.3, -0.25) is 4.98 Å². The van der Waals surface area contributed by atoms with Crippen molar-refractivity contribution in [2.45, 2.75) is 13.3 Å². The minimum absolute atomic E-state index is 0.181. The summed E-state index contributed by atoms with van der Waals surface area (Å²) < 4.78 is 13.7. The number of pyridine rings is 1. The van der Waals surface area contributed by atoms with Gasteiger partial charge in [0.05, 0.1) is 16.3 Å². The summed E-state index contributed by atoms with van der Waals surface area (Å²) in [5.74, 6) is -0.446. The molecule has 1 heterocycles. The molecule has 0 aliphatic heterocycles. The van der Waals surface area contributed by atoms with Gasteiger partial charge in [-0.15, -0.1) is 0 Å². The standard InChI is InChI=1S/C13H11ClFN3/c1-2-5-17-12-8(6-16)7-18-13-10(15)4-3-9(14)11(12)13/h3-4,7H,2,5H2,1H3,(H,17,18). The average Bonchev–Trinajstić information content (AvgIpc) is 2.39. The zero-order valence-electron chi connectivity index (χ0n) is 9.80. The molecule has 0 aliphatic rings. The quantitative estimate of drug-likeness (QED) is 0.918. The maximum Gasteiger partial charge on any atom is 0.149 e. The van der Waals surface area contributed by atoms with Gasteiger partial charge in [-0.1, -0.05) is 18.5 Å². The largest absolute Gasteiger partial charge is 0.383 e. The van der Waals surface area contributed by atoms with Crippen molar-refractivity contribution in [1.82, 2.24) is 4.98 Å². The first-order valence-corrected chi connectivity index (χ1v) is 5.97. The number of hydrogen-bond donors (Lipinski definition) is 1. The van der Waals surface area contributed by atoms with Crippen LogP contribution in [0.4, 0.5) is 10.1 Å². The number of aromatic nitrogens is 1. The first-order valence-electron chi connectivity index (χ1n) is 5.59. The Morgan fingerprint density at radius 1 is 1.50 bits per heavy atom. The lowest BCUT2D eigenvalue weighted by Gasteiger charge is -2.11. The molecule has 0 atom stereocenters. The summed E-state index contributed by atoms with van der Waals surface area (Å²) in [6.45, 7) is 2.69. The Morgan fingerprint density at radius 3 is 2.94 bits per heavy atom. The molecule has 1 N–H and O–H groups in total. The molecule has 0 bridgehead atoms. The maximum atomic E-state index is 13.7. The minimum Gasteiger partial charge on any atom is -0.383 e. The van der Waals surface area contributed by atoms with Gasteiger partial charge in [-0.25, -0.2) is 4.39 Å². The highest BCUT2D eigenvalue weighted by molar-refractivity contribution is 6.36. The van der Waals surface area contributed by atoms with Crippen LogP contribution < -0.4 is 5.32 Å². The molecule has 3 nitrogen and oxygen atoms in total. The van der Waals surface area contributed by atoms with E-state index >= 15 is 0 Å². The third-order valence-electron chi connectivity index (χ3n) is 2.59. The van der Waals surface area contributed by atoms with Gasteiger partial charge in [0.25, 0.3) is 0 Å². The fraction of sp³-hybridized carbons (Fsp3) is 0.231. The predicted octanol–water partition coefficient (Wildman–Crippen LogP) is 3.72. The summed E-state index contributed by atoms with van der Waals surface area (Å²) in [5.41, 5.74) is 1.09. The molecule has 0 saturated heterocycles. The van der Waals surface area contributed by atoms with E-state index in [1.165, 1.54) is 18.3 Å². The number of nitriles is 1. The molecule has 0 radical (unpaired) electrons. The molecular formula is C13H11ClFN3. The van der Waals surface area contributed by atoms with Crippen LogP contribution in [0.25, 0.3) is 10.9 Å². The van der Waals surface area contributed by atoms with Crippen molar-refractivity contribution in [3.05, 3.63) is 34.7 Å². The molecular weight excluding hydrogens is 253 g/mol. The highest BCUT2D eigenvalue weighted by Crippen LogP contribution is 2.33. The molecule has 0 spiro atoms. The SMILES string of the molecule is CCCNc1c(C#N)cnc2c(F)ccc(Cl)c12. The lowest BCUT2D eigenvalue weighted by molar-refractivity contribution is 0.637. The van der Waals surface area contributed by atoms with Crippen molar-refractivity contribution in [3.8, 4) is 6.07 Å². The fourth-order valence-electron chi connectivity index (χ4n) is 1.75. The van der Waals surface area contributed by atoms with Gasteiger partial charge in [0.1, 0.15) is 17.4 Å². The van der Waals surface area contributed by atoms with Crippen LogP contribution in [0.1, 0.15) is 18.9 Å². The first-order chi connectivity index (χ1) is 8.69. The van der Waals surface area contributed by atoms with Gasteiger partial charge in [0, 0.05) is 18.1 Å². The van der Waals surface area contributed by atoms with E-state index in [9.17, 15) is 4.39 Å². The summed E-state index contributed by atoms with van der Waals surface area (Å²) >= 11 is 6.09. The van der Waals surface area contributed by atoms with Crippen molar-refractivity contribution in [2.75, 3.05) is 11.9 Å². The van der Waals surface area contributed by atoms with Gasteiger partial charge in [0.2, 0.25) is 0 Å². The first kappa shape index (κ1) is 12.6. The highest BCUT2D eigenvalue weighted by Gasteiger charge is 2.14. The van der Waals surface area contributed by atoms with E-state index in [-0.39, 0.29) is 5.52 Å². The third-order valence-corrected chi connectivity index (χ3v) is 2.91. The Labute approximate surface area is 109 Å². The second-order valence-electron chi connectivity index (χ2n) is 3.84. The Hall–Kier alpha value is -1.86. The molecule has 0 unspecified atom stereocenters. The second-order valence-corrected chi connectivity index (χ2v) is 4.25. The molecule has 92 valence electrons. The Bertz CT molecular complexity index is 634. The van der Waals surface area contributed by atoms with Crippen molar-refractivity contribution < 1.29 is 4.39 Å². The molecule has 5 heteroatoms. The monoisotopic (exact) mass is 263 g/mol. The Balaban J connectivity index is 2.76. The van der Waals surface area contributed by atoms with Crippen molar-refractivity contribution in [2.24, 2.45) is 0 Å². The average molecular weight is 264 g/mol. The molecule has 2 aromatic rings. The lowest BCUT2D eigenvalue weighted by Crippen LogP contribution is -2.04. The van der Waals surface area contributed by atoms with E-state index in [1.54, 1.807) is 0 Å². The van der Waals surface area contributed by atoms with Gasteiger partial charge < -0.3 is 5.32 Å². The summed E-state index contributed by atoms with van der Waals surface area (Å²) in [6.07, 6.45) is 2.25. The predicted molar refractivity (Wildman–Crippen MR) is 70.2 cm³/mol. The zero-order valence-corrected chi connectivity index (χ0v) is 10.6. The van der Waals surface area contributed by atoms with E-state index in [4.69, 9.17) is 16.9 Å². The van der Waals surface area contributed by atoms with Crippen LogP contribution in [-0.2, 0) is 0 Å². The number of hydrogen-bond acceptors (Lipinski definition) is 3. The number of nitrogens with zero attached hydrogens (tertiary/aromatic N) is 2. The highest BCUT2D eigenvalue weighted by atomic mass is 35.5. The van der Waals surface area contributed by atoms with Gasteiger partial charge in [-0.05, 0) is 18.6 Å². The molecule has 1 aromatic carbocycles. The van der Waals surface area contributed by atoms with Gasteiger partial charge in [-0.2, -0.15) is 5.26 Å². The number of benzene rings is 1. The van der Waals surface area contributed by atoms with Crippen LogP contribution >= 0.6 is 11.6 Å². The molecule has 0 fully saturated rings. The zero-order chi connectivity index (χ0) is 13.1. The molecule has 18 heavy (non-hydrogen) atoms. The van der Waals surface area contributed by atoms with Crippen LogP contribution in [0.5, 0.6) is 0 Å². The number of rotatable bonds is 3. The van der Waals surface area contributed by atoms with Crippen LogP contribution in [-0.4, -0.2) is 11.5 Å². The van der Waals surface area contributed by atoms with Crippen LogP contribution in [0.15, 0.2) is 18.3 Å². The van der Waals surface area contributed by atoms with E-state index < -0.39 is 5.82 Å². The summed E-state index contributed by atoms with van der Waals surface area (Å²) in [4.78, 5) is 3.96. The van der Waals surface area contributed by atoms with Crippen molar-refractivity contribution in [1.29, 1.82) is 5.26 Å². The Kier molecular flexibility index (Phi) is 3.63. The smallest absolute Gasteiger partial charge is 0.149 e. The number of fused-ring (bicyclic) bond motifs is 1. The van der Waals surface area contributed by atoms with Gasteiger partial charge in [0.15, 0.2) is 0 Å². The summed E-state index contributed by atoms with van der Waals surface area (Å²) in [7, 11) is 0. The molecule has 0 aliphatic carbocycles. The summed E-state index contributed by atoms with van der Waals surface area (Å²) in [6, 6.07) is 4.78. The van der Waals surface area contributed by atoms with Gasteiger partial charge >= 0.3 is 0 Å². The van der Waals surface area contributed by atoms with E-state index in [0.717, 1.165) is 6.42 Å². The van der Waals surface area contributed by atoms with Crippen molar-refractivity contribution >= 4 is 28.2 Å².